The van der Waals surface area contributed by atoms with Crippen molar-refractivity contribution in [2.24, 2.45) is 0 Å². The zero-order valence-electron chi connectivity index (χ0n) is 10.8. The molecule has 1 unspecified atom stereocenters. The molecule has 0 saturated carbocycles. The predicted octanol–water partition coefficient (Wildman–Crippen LogP) is 2.19. The Morgan fingerprint density at radius 3 is 3.05 bits per heavy atom. The van der Waals surface area contributed by atoms with E-state index in [9.17, 15) is 4.79 Å². The standard InChI is InChI=1S/C14H17N3OS/c1-10(14-16-5-6-19-14)9-17-13(18)8-11-3-2-4-12(15)7-11/h2-7,10H,8-9,15H2,1H3,(H,17,18). The van der Waals surface area contributed by atoms with Gasteiger partial charge >= 0.3 is 0 Å². The van der Waals surface area contributed by atoms with E-state index in [2.05, 4.69) is 17.2 Å². The van der Waals surface area contributed by atoms with Crippen LogP contribution in [0.1, 0.15) is 23.4 Å². The number of nitrogens with two attached hydrogens (primary N) is 1. The second-order valence-electron chi connectivity index (χ2n) is 4.50. The molecule has 0 saturated heterocycles. The van der Waals surface area contributed by atoms with Gasteiger partial charge in [0.25, 0.3) is 0 Å². The molecule has 5 heteroatoms. The molecule has 1 aromatic heterocycles. The summed E-state index contributed by atoms with van der Waals surface area (Å²) in [6.07, 6.45) is 2.14. The Balaban J connectivity index is 1.82. The molecule has 0 aliphatic carbocycles. The summed E-state index contributed by atoms with van der Waals surface area (Å²) < 4.78 is 0. The van der Waals surface area contributed by atoms with Gasteiger partial charge in [0, 0.05) is 29.7 Å². The number of thiazole rings is 1. The Morgan fingerprint density at radius 1 is 1.53 bits per heavy atom. The van der Waals surface area contributed by atoms with E-state index in [0.29, 0.717) is 18.7 Å². The third kappa shape index (κ3) is 4.06. The minimum atomic E-state index is 0.00834. The number of hydrogen-bond acceptors (Lipinski definition) is 4. The van der Waals surface area contributed by atoms with Crippen molar-refractivity contribution in [3.05, 3.63) is 46.4 Å². The highest BCUT2D eigenvalue weighted by Gasteiger charge is 2.10. The van der Waals surface area contributed by atoms with Crippen LogP contribution in [-0.2, 0) is 11.2 Å². The third-order valence-corrected chi connectivity index (χ3v) is 3.80. The van der Waals surface area contributed by atoms with E-state index in [0.717, 1.165) is 10.6 Å². The van der Waals surface area contributed by atoms with Crippen molar-refractivity contribution in [2.75, 3.05) is 12.3 Å². The maximum Gasteiger partial charge on any atom is 0.224 e. The van der Waals surface area contributed by atoms with Crippen LogP contribution in [0.25, 0.3) is 0 Å². The van der Waals surface area contributed by atoms with Crippen LogP contribution in [-0.4, -0.2) is 17.4 Å². The summed E-state index contributed by atoms with van der Waals surface area (Å²) in [4.78, 5) is 16.1. The molecular formula is C14H17N3OS. The number of nitrogens with zero attached hydrogens (tertiary/aromatic N) is 1. The second-order valence-corrected chi connectivity index (χ2v) is 5.42. The lowest BCUT2D eigenvalue weighted by Crippen LogP contribution is -2.28. The SMILES string of the molecule is CC(CNC(=O)Cc1cccc(N)c1)c1nccs1. The van der Waals surface area contributed by atoms with E-state index >= 15 is 0 Å². The van der Waals surface area contributed by atoms with Gasteiger partial charge in [-0.1, -0.05) is 19.1 Å². The van der Waals surface area contributed by atoms with E-state index in [-0.39, 0.29) is 11.8 Å². The van der Waals surface area contributed by atoms with Gasteiger partial charge in [-0.25, -0.2) is 4.98 Å². The van der Waals surface area contributed by atoms with Crippen LogP contribution in [0.4, 0.5) is 5.69 Å². The lowest BCUT2D eigenvalue weighted by Gasteiger charge is -2.10. The van der Waals surface area contributed by atoms with Crippen molar-refractivity contribution in [1.82, 2.24) is 10.3 Å². The topological polar surface area (TPSA) is 68.0 Å². The Kier molecular flexibility index (Phi) is 4.52. The molecule has 0 aliphatic rings. The Labute approximate surface area is 116 Å². The molecule has 0 spiro atoms. The molecule has 19 heavy (non-hydrogen) atoms. The molecule has 100 valence electrons. The van der Waals surface area contributed by atoms with Crippen molar-refractivity contribution < 1.29 is 4.79 Å². The summed E-state index contributed by atoms with van der Waals surface area (Å²) >= 11 is 1.61. The van der Waals surface area contributed by atoms with E-state index < -0.39 is 0 Å². The largest absolute Gasteiger partial charge is 0.399 e. The van der Waals surface area contributed by atoms with Crippen molar-refractivity contribution in [3.63, 3.8) is 0 Å². The summed E-state index contributed by atoms with van der Waals surface area (Å²) in [6, 6.07) is 7.39. The number of aromatic nitrogens is 1. The molecule has 1 aromatic carbocycles. The van der Waals surface area contributed by atoms with Crippen LogP contribution in [0.15, 0.2) is 35.8 Å². The van der Waals surface area contributed by atoms with Gasteiger partial charge < -0.3 is 11.1 Å². The van der Waals surface area contributed by atoms with Crippen molar-refractivity contribution in [2.45, 2.75) is 19.3 Å². The average Bonchev–Trinajstić information content (AvgIpc) is 2.90. The van der Waals surface area contributed by atoms with Gasteiger partial charge in [-0.3, -0.25) is 4.79 Å². The van der Waals surface area contributed by atoms with Crippen molar-refractivity contribution in [1.29, 1.82) is 0 Å². The number of rotatable bonds is 5. The quantitative estimate of drug-likeness (QED) is 0.822. The minimum Gasteiger partial charge on any atom is -0.399 e. The van der Waals surface area contributed by atoms with Crippen LogP contribution < -0.4 is 11.1 Å². The first-order valence-corrected chi connectivity index (χ1v) is 7.03. The molecule has 3 N–H and O–H groups in total. The fraction of sp³-hybridized carbons (Fsp3) is 0.286. The fourth-order valence-corrected chi connectivity index (χ4v) is 2.48. The molecule has 4 nitrogen and oxygen atoms in total. The Morgan fingerprint density at radius 2 is 2.37 bits per heavy atom. The molecule has 1 amide bonds. The van der Waals surface area contributed by atoms with Gasteiger partial charge in [-0.15, -0.1) is 11.3 Å². The zero-order valence-corrected chi connectivity index (χ0v) is 11.6. The smallest absolute Gasteiger partial charge is 0.224 e. The number of carbonyl (C=O) groups is 1. The number of nitrogens with one attached hydrogen (secondary N) is 1. The first kappa shape index (κ1) is 13.5. The highest BCUT2D eigenvalue weighted by Crippen LogP contribution is 2.16. The second kappa shape index (κ2) is 6.33. The maximum absolute atomic E-state index is 11.8. The number of benzene rings is 1. The van der Waals surface area contributed by atoms with Gasteiger partial charge in [0.2, 0.25) is 5.91 Å². The van der Waals surface area contributed by atoms with Gasteiger partial charge in [-0.2, -0.15) is 0 Å². The average molecular weight is 275 g/mol. The Bertz CT molecular complexity index is 539. The number of nitrogen functional groups attached to an aromatic ring is 1. The highest BCUT2D eigenvalue weighted by atomic mass is 32.1. The Hall–Kier alpha value is -1.88. The first-order valence-electron chi connectivity index (χ1n) is 6.15. The molecule has 2 aromatic rings. The molecule has 2 rings (SSSR count). The summed E-state index contributed by atoms with van der Waals surface area (Å²) in [7, 11) is 0. The molecular weight excluding hydrogens is 258 g/mol. The summed E-state index contributed by atoms with van der Waals surface area (Å²) in [5, 5.41) is 5.92. The number of amides is 1. The van der Waals surface area contributed by atoms with Gasteiger partial charge in [-0.05, 0) is 17.7 Å². The summed E-state index contributed by atoms with van der Waals surface area (Å²) in [5.74, 6) is 0.249. The van der Waals surface area contributed by atoms with Crippen LogP contribution in [0.5, 0.6) is 0 Å². The van der Waals surface area contributed by atoms with E-state index in [4.69, 9.17) is 5.73 Å². The van der Waals surface area contributed by atoms with Gasteiger partial charge in [0.05, 0.1) is 11.4 Å². The molecule has 1 heterocycles. The molecule has 0 aliphatic heterocycles. The summed E-state index contributed by atoms with van der Waals surface area (Å²) in [5.41, 5.74) is 7.29. The molecule has 0 fully saturated rings. The van der Waals surface area contributed by atoms with Crippen molar-refractivity contribution >= 4 is 22.9 Å². The summed E-state index contributed by atoms with van der Waals surface area (Å²) in [6.45, 7) is 2.66. The molecule has 0 bridgehead atoms. The molecule has 0 radical (unpaired) electrons. The van der Waals surface area contributed by atoms with Gasteiger partial charge in [0.1, 0.15) is 0 Å². The third-order valence-electron chi connectivity index (χ3n) is 2.79. The minimum absolute atomic E-state index is 0.00834. The van der Waals surface area contributed by atoms with Crippen LogP contribution >= 0.6 is 11.3 Å². The molecule has 1 atom stereocenters. The van der Waals surface area contributed by atoms with Crippen LogP contribution in [0, 0.1) is 0 Å². The zero-order chi connectivity index (χ0) is 13.7. The van der Waals surface area contributed by atoms with Crippen LogP contribution in [0.3, 0.4) is 0 Å². The lowest BCUT2D eigenvalue weighted by atomic mass is 10.1. The highest BCUT2D eigenvalue weighted by molar-refractivity contribution is 7.09. The first-order chi connectivity index (χ1) is 9.15. The monoisotopic (exact) mass is 275 g/mol. The number of carbonyl (C=O) groups excluding carboxylic acids is 1. The van der Waals surface area contributed by atoms with E-state index in [1.165, 1.54) is 0 Å². The van der Waals surface area contributed by atoms with Crippen LogP contribution in [0.2, 0.25) is 0 Å². The lowest BCUT2D eigenvalue weighted by molar-refractivity contribution is -0.120. The fourth-order valence-electron chi connectivity index (χ4n) is 1.78. The number of anilines is 1. The maximum atomic E-state index is 11.8. The van der Waals surface area contributed by atoms with Crippen molar-refractivity contribution in [3.8, 4) is 0 Å². The normalized spacial score (nSPS) is 12.1. The van der Waals surface area contributed by atoms with Gasteiger partial charge in [0.15, 0.2) is 0 Å². The van der Waals surface area contributed by atoms with E-state index in [1.54, 1.807) is 17.5 Å². The predicted molar refractivity (Wildman–Crippen MR) is 78.1 cm³/mol. The number of hydrogen-bond donors (Lipinski definition) is 2. The van der Waals surface area contributed by atoms with E-state index in [1.807, 2.05) is 29.6 Å².